The quantitative estimate of drug-likeness (QED) is 0.895. The first-order chi connectivity index (χ1) is 9.24. The number of methoxy groups -OCH3 is 1. The van der Waals surface area contributed by atoms with Crippen LogP contribution in [-0.4, -0.2) is 18.6 Å². The van der Waals surface area contributed by atoms with E-state index in [4.69, 9.17) is 15.2 Å². The summed E-state index contributed by atoms with van der Waals surface area (Å²) in [6, 6.07) is 9.63. The van der Waals surface area contributed by atoms with Crippen molar-refractivity contribution in [1.29, 1.82) is 0 Å². The molecule has 0 aliphatic heterocycles. The smallest absolute Gasteiger partial charge is 0.162 e. The summed E-state index contributed by atoms with van der Waals surface area (Å²) in [6.07, 6.45) is 3.26. The molecule has 1 unspecified atom stereocenters. The lowest BCUT2D eigenvalue weighted by Gasteiger charge is -2.19. The van der Waals surface area contributed by atoms with Crippen molar-refractivity contribution in [2.24, 2.45) is 5.73 Å². The SMILES string of the molecule is COc1cc(C)ccc1OC(CN)c1cccnc1. The van der Waals surface area contributed by atoms with E-state index >= 15 is 0 Å². The number of hydrogen-bond donors (Lipinski definition) is 1. The first-order valence-corrected chi connectivity index (χ1v) is 6.16. The molecule has 1 heterocycles. The van der Waals surface area contributed by atoms with Gasteiger partial charge in [0.05, 0.1) is 7.11 Å². The molecule has 0 aliphatic carbocycles. The summed E-state index contributed by atoms with van der Waals surface area (Å²) in [6.45, 7) is 2.39. The van der Waals surface area contributed by atoms with Crippen LogP contribution in [0, 0.1) is 6.92 Å². The number of ether oxygens (including phenoxy) is 2. The predicted octanol–water partition coefficient (Wildman–Crippen LogP) is 2.48. The van der Waals surface area contributed by atoms with Crippen LogP contribution in [0.25, 0.3) is 0 Å². The van der Waals surface area contributed by atoms with Gasteiger partial charge in [-0.25, -0.2) is 0 Å². The van der Waals surface area contributed by atoms with Crippen LogP contribution in [0.1, 0.15) is 17.2 Å². The number of nitrogens with zero attached hydrogens (tertiary/aromatic N) is 1. The van der Waals surface area contributed by atoms with E-state index in [0.717, 1.165) is 11.1 Å². The fraction of sp³-hybridized carbons (Fsp3) is 0.267. The lowest BCUT2D eigenvalue weighted by atomic mass is 10.1. The lowest BCUT2D eigenvalue weighted by Crippen LogP contribution is -2.18. The molecule has 0 spiro atoms. The Morgan fingerprint density at radius 1 is 1.26 bits per heavy atom. The van der Waals surface area contributed by atoms with Gasteiger partial charge >= 0.3 is 0 Å². The predicted molar refractivity (Wildman–Crippen MR) is 74.4 cm³/mol. The summed E-state index contributed by atoms with van der Waals surface area (Å²) >= 11 is 0. The van der Waals surface area contributed by atoms with Gasteiger partial charge in [0, 0.05) is 24.5 Å². The van der Waals surface area contributed by atoms with E-state index in [1.807, 2.05) is 37.3 Å². The van der Waals surface area contributed by atoms with E-state index in [2.05, 4.69) is 4.98 Å². The van der Waals surface area contributed by atoms with Crippen molar-refractivity contribution in [1.82, 2.24) is 4.98 Å². The maximum atomic E-state index is 5.94. The minimum absolute atomic E-state index is 0.231. The largest absolute Gasteiger partial charge is 0.493 e. The highest BCUT2D eigenvalue weighted by Crippen LogP contribution is 2.31. The van der Waals surface area contributed by atoms with Gasteiger partial charge in [0.2, 0.25) is 0 Å². The molecule has 0 saturated carbocycles. The Balaban J connectivity index is 2.24. The van der Waals surface area contributed by atoms with E-state index < -0.39 is 0 Å². The van der Waals surface area contributed by atoms with Crippen LogP contribution in [0.5, 0.6) is 11.5 Å². The average molecular weight is 258 g/mol. The third kappa shape index (κ3) is 3.23. The van der Waals surface area contributed by atoms with Crippen LogP contribution in [-0.2, 0) is 0 Å². The van der Waals surface area contributed by atoms with Gasteiger partial charge in [-0.1, -0.05) is 12.1 Å². The zero-order valence-corrected chi connectivity index (χ0v) is 11.2. The van der Waals surface area contributed by atoms with E-state index in [0.29, 0.717) is 18.0 Å². The zero-order valence-electron chi connectivity index (χ0n) is 11.2. The molecule has 2 rings (SSSR count). The molecule has 1 aromatic carbocycles. The van der Waals surface area contributed by atoms with Gasteiger partial charge < -0.3 is 15.2 Å². The molecule has 100 valence electrons. The molecule has 4 heteroatoms. The van der Waals surface area contributed by atoms with Crippen molar-refractivity contribution in [3.8, 4) is 11.5 Å². The van der Waals surface area contributed by atoms with Crippen molar-refractivity contribution >= 4 is 0 Å². The molecule has 1 atom stereocenters. The van der Waals surface area contributed by atoms with Crippen molar-refractivity contribution < 1.29 is 9.47 Å². The lowest BCUT2D eigenvalue weighted by molar-refractivity contribution is 0.204. The van der Waals surface area contributed by atoms with E-state index in [-0.39, 0.29) is 6.10 Å². The van der Waals surface area contributed by atoms with E-state index in [1.54, 1.807) is 19.5 Å². The zero-order chi connectivity index (χ0) is 13.7. The Morgan fingerprint density at radius 3 is 2.74 bits per heavy atom. The van der Waals surface area contributed by atoms with Crippen molar-refractivity contribution in [2.45, 2.75) is 13.0 Å². The number of nitrogens with two attached hydrogens (primary N) is 1. The molecule has 4 nitrogen and oxygen atoms in total. The highest BCUT2D eigenvalue weighted by Gasteiger charge is 2.14. The second-order valence-corrected chi connectivity index (χ2v) is 4.28. The minimum atomic E-state index is -0.231. The molecule has 0 fully saturated rings. The second-order valence-electron chi connectivity index (χ2n) is 4.28. The van der Waals surface area contributed by atoms with Crippen LogP contribution in [0.4, 0.5) is 0 Å². The normalized spacial score (nSPS) is 11.9. The van der Waals surface area contributed by atoms with Gasteiger partial charge in [-0.2, -0.15) is 0 Å². The highest BCUT2D eigenvalue weighted by atomic mass is 16.5. The van der Waals surface area contributed by atoms with Gasteiger partial charge in [0.25, 0.3) is 0 Å². The van der Waals surface area contributed by atoms with Gasteiger partial charge in [-0.05, 0) is 30.7 Å². The molecule has 2 N–H and O–H groups in total. The van der Waals surface area contributed by atoms with Crippen LogP contribution in [0.15, 0.2) is 42.7 Å². The Morgan fingerprint density at radius 2 is 2.11 bits per heavy atom. The van der Waals surface area contributed by atoms with Crippen LogP contribution in [0.2, 0.25) is 0 Å². The molecule has 19 heavy (non-hydrogen) atoms. The van der Waals surface area contributed by atoms with Gasteiger partial charge in [0.15, 0.2) is 11.5 Å². The second kappa shape index (κ2) is 6.20. The third-order valence-electron chi connectivity index (χ3n) is 2.86. The van der Waals surface area contributed by atoms with Crippen molar-refractivity contribution in [2.75, 3.05) is 13.7 Å². The summed E-state index contributed by atoms with van der Waals surface area (Å²) < 4.78 is 11.3. The maximum absolute atomic E-state index is 5.94. The summed E-state index contributed by atoms with van der Waals surface area (Å²) in [5.74, 6) is 1.40. The highest BCUT2D eigenvalue weighted by molar-refractivity contribution is 5.43. The Kier molecular flexibility index (Phi) is 4.36. The Bertz CT molecular complexity index is 529. The molecule has 0 saturated heterocycles. The standard InChI is InChI=1S/C15H18N2O2/c1-11-5-6-13(14(8-11)18-2)19-15(9-16)12-4-3-7-17-10-12/h3-8,10,15H,9,16H2,1-2H3. The average Bonchev–Trinajstić information content (AvgIpc) is 2.46. The van der Waals surface area contributed by atoms with Crippen molar-refractivity contribution in [3.05, 3.63) is 53.9 Å². The minimum Gasteiger partial charge on any atom is -0.493 e. The van der Waals surface area contributed by atoms with Crippen LogP contribution < -0.4 is 15.2 Å². The van der Waals surface area contributed by atoms with Crippen LogP contribution >= 0.6 is 0 Å². The fourth-order valence-corrected chi connectivity index (χ4v) is 1.84. The van der Waals surface area contributed by atoms with Crippen LogP contribution in [0.3, 0.4) is 0 Å². The molecule has 0 bridgehead atoms. The Labute approximate surface area is 113 Å². The summed E-state index contributed by atoms with van der Waals surface area (Å²) in [4.78, 5) is 4.09. The summed E-state index contributed by atoms with van der Waals surface area (Å²) in [5, 5.41) is 0. The van der Waals surface area contributed by atoms with Crippen molar-refractivity contribution in [3.63, 3.8) is 0 Å². The van der Waals surface area contributed by atoms with E-state index in [1.165, 1.54) is 0 Å². The topological polar surface area (TPSA) is 57.4 Å². The molecule has 1 aromatic heterocycles. The molecule has 0 amide bonds. The Hall–Kier alpha value is -2.07. The molecular weight excluding hydrogens is 240 g/mol. The first kappa shape index (κ1) is 13.4. The number of pyridine rings is 1. The van der Waals surface area contributed by atoms with Gasteiger partial charge in [-0.3, -0.25) is 4.98 Å². The first-order valence-electron chi connectivity index (χ1n) is 6.16. The number of benzene rings is 1. The fourth-order valence-electron chi connectivity index (χ4n) is 1.84. The monoisotopic (exact) mass is 258 g/mol. The van der Waals surface area contributed by atoms with Gasteiger partial charge in [-0.15, -0.1) is 0 Å². The molecule has 2 aromatic rings. The maximum Gasteiger partial charge on any atom is 0.162 e. The summed E-state index contributed by atoms with van der Waals surface area (Å²) in [5.41, 5.74) is 7.85. The number of rotatable bonds is 5. The molecular formula is C15H18N2O2. The molecule has 0 radical (unpaired) electrons. The van der Waals surface area contributed by atoms with Gasteiger partial charge in [0.1, 0.15) is 6.10 Å². The molecule has 0 aliphatic rings. The summed E-state index contributed by atoms with van der Waals surface area (Å²) in [7, 11) is 1.63. The van der Waals surface area contributed by atoms with E-state index in [9.17, 15) is 0 Å². The third-order valence-corrected chi connectivity index (χ3v) is 2.86. The number of aryl methyl sites for hydroxylation is 1. The number of hydrogen-bond acceptors (Lipinski definition) is 4. The number of aromatic nitrogens is 1.